The maximum absolute atomic E-state index is 13.4. The van der Waals surface area contributed by atoms with Gasteiger partial charge in [0.05, 0.1) is 17.7 Å². The Balaban J connectivity index is 0.993. The minimum Gasteiger partial charge on any atom is -0.506 e. The van der Waals surface area contributed by atoms with Gasteiger partial charge in [0, 0.05) is 36.7 Å². The molecule has 2 amide bonds. The van der Waals surface area contributed by atoms with E-state index in [-0.39, 0.29) is 23.8 Å². The quantitative estimate of drug-likeness (QED) is 0.103. The highest BCUT2D eigenvalue weighted by molar-refractivity contribution is 5.94. The third-order valence-corrected chi connectivity index (χ3v) is 9.11. The van der Waals surface area contributed by atoms with Crippen LogP contribution in [0.3, 0.4) is 0 Å². The number of fused-ring (bicyclic) bond motifs is 1. The molecule has 2 atom stereocenters. The molecule has 1 saturated heterocycles. The van der Waals surface area contributed by atoms with E-state index in [0.717, 1.165) is 29.5 Å². The number of hydrogen-bond donors (Lipinski definition) is 6. The summed E-state index contributed by atoms with van der Waals surface area (Å²) in [5.41, 5.74) is 3.60. The molecule has 6 rings (SSSR count). The number of aromatic amines is 1. The maximum Gasteiger partial charge on any atom is 0.405 e. The number of carbonyl (C=O) groups is 2. The number of aliphatic hydroxyl groups is 1. The molecule has 11 heteroatoms. The van der Waals surface area contributed by atoms with Crippen LogP contribution < -0.4 is 20.9 Å². The average Bonchev–Trinajstić information content (AvgIpc) is 3.14. The highest BCUT2D eigenvalue weighted by Crippen LogP contribution is 2.29. The predicted octanol–water partition coefficient (Wildman–Crippen LogP) is 5.35. The minimum atomic E-state index is -1.12. The normalized spacial score (nSPS) is 14.6. The fraction of sp³-hybridized carbons (Fsp3) is 0.256. The molecule has 0 bridgehead atoms. The number of likely N-dealkylation sites (tertiary alicyclic amines) is 1. The number of aromatic nitrogens is 1. The van der Waals surface area contributed by atoms with Crippen molar-refractivity contribution in [3.05, 3.63) is 141 Å². The van der Waals surface area contributed by atoms with Crippen molar-refractivity contribution in [1.82, 2.24) is 20.5 Å². The SMILES string of the molecule is O=C(O)NC(c1ccccc1)c1cccc(OCc2cccc(C(=O)N3CCC(CNC[C@@H](O)c4ccc(O)c5[nH]c(=O)ccc45)CC3)c2)c1. The summed E-state index contributed by atoms with van der Waals surface area (Å²) in [6, 6.07) is 29.6. The molecule has 5 aromatic rings. The molecule has 1 fully saturated rings. The van der Waals surface area contributed by atoms with Crippen LogP contribution in [-0.4, -0.2) is 63.4 Å². The number of carboxylic acid groups (broad SMARTS) is 1. The Kier molecular flexibility index (Phi) is 10.8. The monoisotopic (exact) mass is 676 g/mol. The number of ether oxygens (including phenoxy) is 1. The van der Waals surface area contributed by atoms with Crippen molar-refractivity contribution in [2.24, 2.45) is 5.92 Å². The van der Waals surface area contributed by atoms with E-state index in [1.54, 1.807) is 12.1 Å². The lowest BCUT2D eigenvalue weighted by Crippen LogP contribution is -2.41. The van der Waals surface area contributed by atoms with Crippen LogP contribution in [-0.2, 0) is 6.61 Å². The Morgan fingerprint density at radius 1 is 0.900 bits per heavy atom. The molecule has 11 nitrogen and oxygen atoms in total. The number of carbonyl (C=O) groups excluding carboxylic acids is 1. The number of nitrogens with one attached hydrogen (secondary N) is 3. The lowest BCUT2D eigenvalue weighted by Gasteiger charge is -2.32. The number of aliphatic hydroxyl groups excluding tert-OH is 1. The number of hydrogen-bond acceptors (Lipinski definition) is 7. The fourth-order valence-electron chi connectivity index (χ4n) is 6.48. The van der Waals surface area contributed by atoms with E-state index in [1.807, 2.05) is 83.8 Å². The summed E-state index contributed by atoms with van der Waals surface area (Å²) in [6.45, 7) is 2.50. The van der Waals surface area contributed by atoms with Gasteiger partial charge in [-0.15, -0.1) is 0 Å². The number of benzene rings is 4. The molecular weight excluding hydrogens is 636 g/mol. The first-order valence-electron chi connectivity index (χ1n) is 16.6. The Bertz CT molecular complexity index is 2010. The largest absolute Gasteiger partial charge is 0.506 e. The van der Waals surface area contributed by atoms with Gasteiger partial charge in [-0.3, -0.25) is 9.59 Å². The number of rotatable bonds is 12. The zero-order valence-electron chi connectivity index (χ0n) is 27.4. The molecule has 0 saturated carbocycles. The van der Waals surface area contributed by atoms with Gasteiger partial charge in [0.25, 0.3) is 5.91 Å². The number of nitrogens with zero attached hydrogens (tertiary/aromatic N) is 1. The molecule has 6 N–H and O–H groups in total. The summed E-state index contributed by atoms with van der Waals surface area (Å²) >= 11 is 0. The Hall–Kier alpha value is -5.65. The topological polar surface area (TPSA) is 164 Å². The van der Waals surface area contributed by atoms with Gasteiger partial charge in [-0.2, -0.15) is 0 Å². The van der Waals surface area contributed by atoms with E-state index >= 15 is 0 Å². The van der Waals surface area contributed by atoms with Gasteiger partial charge in [-0.05, 0) is 84.0 Å². The van der Waals surface area contributed by atoms with Crippen LogP contribution in [0.4, 0.5) is 4.79 Å². The molecular formula is C39H40N4O7. The maximum atomic E-state index is 13.4. The molecule has 0 aliphatic carbocycles. The van der Waals surface area contributed by atoms with E-state index < -0.39 is 18.2 Å². The van der Waals surface area contributed by atoms with Crippen molar-refractivity contribution < 1.29 is 29.6 Å². The molecule has 1 aromatic heterocycles. The standard InChI is InChI=1S/C39H40N4O7/c44-33-14-12-31(32-13-15-35(46)41-37(32)33)34(45)23-40-22-25-16-18-43(19-17-25)38(47)29-10-4-6-26(20-29)24-50-30-11-5-9-28(21-30)36(42-39(48)49)27-7-2-1-3-8-27/h1-15,20-21,25,34,36,40,42,44-45H,16-19,22-24H2,(H,41,46)(H,48,49)/t34-,36?/m1/s1. The smallest absolute Gasteiger partial charge is 0.405 e. The van der Waals surface area contributed by atoms with Crippen molar-refractivity contribution in [2.45, 2.75) is 31.6 Å². The fourth-order valence-corrected chi connectivity index (χ4v) is 6.48. The highest BCUT2D eigenvalue weighted by atomic mass is 16.5. The van der Waals surface area contributed by atoms with Crippen LogP contribution in [0.1, 0.15) is 57.6 Å². The summed E-state index contributed by atoms with van der Waals surface area (Å²) in [4.78, 5) is 41.2. The molecule has 258 valence electrons. The Morgan fingerprint density at radius 3 is 2.44 bits per heavy atom. The average molecular weight is 677 g/mol. The molecule has 2 heterocycles. The summed E-state index contributed by atoms with van der Waals surface area (Å²) in [6.07, 6.45) is -0.286. The zero-order valence-corrected chi connectivity index (χ0v) is 27.4. The second kappa shape index (κ2) is 15.7. The van der Waals surface area contributed by atoms with Gasteiger partial charge in [-0.25, -0.2) is 4.79 Å². The van der Waals surface area contributed by atoms with Crippen molar-refractivity contribution in [1.29, 1.82) is 0 Å². The molecule has 50 heavy (non-hydrogen) atoms. The van der Waals surface area contributed by atoms with Crippen LogP contribution in [0.2, 0.25) is 0 Å². The van der Waals surface area contributed by atoms with E-state index in [9.17, 15) is 29.7 Å². The molecule has 1 unspecified atom stereocenters. The Morgan fingerprint density at radius 2 is 1.66 bits per heavy atom. The number of pyridine rings is 1. The first-order valence-corrected chi connectivity index (χ1v) is 16.6. The molecule has 1 aliphatic heterocycles. The van der Waals surface area contributed by atoms with Crippen molar-refractivity contribution in [3.8, 4) is 11.5 Å². The van der Waals surface area contributed by atoms with Gasteiger partial charge in [0.1, 0.15) is 18.1 Å². The lowest BCUT2D eigenvalue weighted by atomic mass is 9.95. The van der Waals surface area contributed by atoms with E-state index in [2.05, 4.69) is 15.6 Å². The van der Waals surface area contributed by atoms with Crippen molar-refractivity contribution in [3.63, 3.8) is 0 Å². The Labute approximate surface area is 289 Å². The zero-order chi connectivity index (χ0) is 35.0. The summed E-state index contributed by atoms with van der Waals surface area (Å²) in [7, 11) is 0. The van der Waals surface area contributed by atoms with E-state index in [0.29, 0.717) is 59.9 Å². The first-order chi connectivity index (χ1) is 24.2. The van der Waals surface area contributed by atoms with Gasteiger partial charge in [0.2, 0.25) is 5.56 Å². The van der Waals surface area contributed by atoms with Crippen LogP contribution in [0.5, 0.6) is 11.5 Å². The number of H-pyrrole nitrogens is 1. The van der Waals surface area contributed by atoms with Gasteiger partial charge in [0.15, 0.2) is 0 Å². The number of piperidine rings is 1. The third-order valence-electron chi connectivity index (χ3n) is 9.11. The van der Waals surface area contributed by atoms with Crippen LogP contribution in [0.25, 0.3) is 10.9 Å². The first kappa shape index (κ1) is 34.2. The highest BCUT2D eigenvalue weighted by Gasteiger charge is 2.24. The number of phenolic OH excluding ortho intramolecular Hbond substituents is 1. The van der Waals surface area contributed by atoms with Gasteiger partial charge in [-0.1, -0.05) is 60.7 Å². The van der Waals surface area contributed by atoms with Crippen LogP contribution >= 0.6 is 0 Å². The molecule has 0 radical (unpaired) electrons. The molecule has 4 aromatic carbocycles. The van der Waals surface area contributed by atoms with Crippen LogP contribution in [0.15, 0.2) is 108 Å². The third kappa shape index (κ3) is 8.31. The second-order valence-corrected chi connectivity index (χ2v) is 12.5. The van der Waals surface area contributed by atoms with Gasteiger partial charge < -0.3 is 40.6 Å². The van der Waals surface area contributed by atoms with E-state index in [1.165, 1.54) is 12.1 Å². The summed E-state index contributed by atoms with van der Waals surface area (Å²) in [5, 5.41) is 36.9. The lowest BCUT2D eigenvalue weighted by molar-refractivity contribution is 0.0688. The number of amides is 2. The van der Waals surface area contributed by atoms with Crippen molar-refractivity contribution in [2.75, 3.05) is 26.2 Å². The second-order valence-electron chi connectivity index (χ2n) is 12.5. The van der Waals surface area contributed by atoms with Gasteiger partial charge >= 0.3 is 6.09 Å². The predicted molar refractivity (Wildman–Crippen MR) is 189 cm³/mol. The number of phenols is 1. The minimum absolute atomic E-state index is 0.0293. The van der Waals surface area contributed by atoms with Crippen molar-refractivity contribution >= 4 is 22.9 Å². The van der Waals surface area contributed by atoms with Crippen LogP contribution in [0, 0.1) is 5.92 Å². The molecule has 1 aliphatic rings. The summed E-state index contributed by atoms with van der Waals surface area (Å²) < 4.78 is 6.08. The number of aromatic hydroxyl groups is 1. The summed E-state index contributed by atoms with van der Waals surface area (Å²) in [5.74, 6) is 0.860. The van der Waals surface area contributed by atoms with E-state index in [4.69, 9.17) is 4.74 Å². The molecule has 0 spiro atoms.